The van der Waals surface area contributed by atoms with Gasteiger partial charge in [0.1, 0.15) is 0 Å². The van der Waals surface area contributed by atoms with Crippen molar-refractivity contribution in [1.82, 2.24) is 0 Å². The van der Waals surface area contributed by atoms with Gasteiger partial charge in [0.25, 0.3) is 0 Å². The number of hydrogen-bond acceptors (Lipinski definition) is 2. The first-order valence-electron chi connectivity index (χ1n) is 5.77. The number of rotatable bonds is 5. The maximum absolute atomic E-state index is 11.9. The molecule has 0 aliphatic rings. The lowest BCUT2D eigenvalue weighted by atomic mass is 10.1. The van der Waals surface area contributed by atoms with Gasteiger partial charge < -0.3 is 11.1 Å². The second-order valence-corrected chi connectivity index (χ2v) is 4.37. The summed E-state index contributed by atoms with van der Waals surface area (Å²) < 4.78 is 0. The Morgan fingerprint density at radius 1 is 1.35 bits per heavy atom. The maximum atomic E-state index is 11.9. The van der Waals surface area contributed by atoms with Crippen LogP contribution in [-0.2, 0) is 11.2 Å². The van der Waals surface area contributed by atoms with E-state index in [0.717, 1.165) is 12.1 Å². The van der Waals surface area contributed by atoms with Crippen LogP contribution in [0.2, 0.25) is 0 Å². The van der Waals surface area contributed by atoms with E-state index in [9.17, 15) is 4.79 Å². The molecule has 17 heavy (non-hydrogen) atoms. The van der Waals surface area contributed by atoms with E-state index >= 15 is 0 Å². The average Bonchev–Trinajstić information content (AvgIpc) is 2.30. The van der Waals surface area contributed by atoms with Gasteiger partial charge in [-0.1, -0.05) is 38.2 Å². The number of benzene rings is 1. The summed E-state index contributed by atoms with van der Waals surface area (Å²) in [7, 11) is 0. The molecule has 0 aliphatic carbocycles. The molecule has 0 aliphatic heterocycles. The molecular weight excluding hydrogens is 232 g/mol. The van der Waals surface area contributed by atoms with Gasteiger partial charge in [0.15, 0.2) is 0 Å². The number of carbonyl (C=O) groups excluding carboxylic acids is 1. The third-order valence-corrected chi connectivity index (χ3v) is 2.98. The molecule has 0 fully saturated rings. The summed E-state index contributed by atoms with van der Waals surface area (Å²) >= 11 is 4.87. The second-order valence-electron chi connectivity index (χ2n) is 3.90. The Bertz CT molecular complexity index is 400. The summed E-state index contributed by atoms with van der Waals surface area (Å²) in [6.07, 6.45) is 1.60. The van der Waals surface area contributed by atoms with Gasteiger partial charge in [-0.05, 0) is 30.5 Å². The molecule has 92 valence electrons. The minimum absolute atomic E-state index is 0.135. The summed E-state index contributed by atoms with van der Waals surface area (Å²) in [6, 6.07) is 7.78. The normalized spacial score (nSPS) is 11.9. The van der Waals surface area contributed by atoms with Gasteiger partial charge in [-0.2, -0.15) is 0 Å². The van der Waals surface area contributed by atoms with Crippen molar-refractivity contribution >= 4 is 28.8 Å². The van der Waals surface area contributed by atoms with E-state index in [0.29, 0.717) is 6.42 Å². The number of amides is 1. The zero-order valence-electron chi connectivity index (χ0n) is 10.2. The van der Waals surface area contributed by atoms with Crippen molar-refractivity contribution < 1.29 is 4.79 Å². The highest BCUT2D eigenvalue weighted by atomic mass is 32.1. The van der Waals surface area contributed by atoms with Crippen molar-refractivity contribution in [2.75, 3.05) is 5.32 Å². The minimum atomic E-state index is -0.393. The molecule has 1 atom stereocenters. The Labute approximate surface area is 107 Å². The Morgan fingerprint density at radius 2 is 1.94 bits per heavy atom. The van der Waals surface area contributed by atoms with Crippen LogP contribution < -0.4 is 11.1 Å². The summed E-state index contributed by atoms with van der Waals surface area (Å²) in [5.41, 5.74) is 7.54. The Kier molecular flexibility index (Phi) is 5.10. The molecule has 0 spiro atoms. The van der Waals surface area contributed by atoms with E-state index in [1.165, 1.54) is 5.56 Å². The fourth-order valence-corrected chi connectivity index (χ4v) is 1.84. The summed E-state index contributed by atoms with van der Waals surface area (Å²) in [6.45, 7) is 3.98. The van der Waals surface area contributed by atoms with Crippen LogP contribution in [0.25, 0.3) is 0 Å². The molecule has 0 saturated carbocycles. The van der Waals surface area contributed by atoms with E-state index in [2.05, 4.69) is 12.2 Å². The zero-order chi connectivity index (χ0) is 12.8. The molecule has 0 radical (unpaired) electrons. The third kappa shape index (κ3) is 3.82. The van der Waals surface area contributed by atoms with Crippen molar-refractivity contribution in [2.45, 2.75) is 26.7 Å². The van der Waals surface area contributed by atoms with Gasteiger partial charge in [0, 0.05) is 5.69 Å². The SMILES string of the molecule is CCc1ccc(NC(=O)C(CC)C(N)=S)cc1. The standard InChI is InChI=1S/C13H18N2OS/c1-3-9-5-7-10(8-6-9)15-13(16)11(4-2)12(14)17/h5-8,11H,3-4H2,1-2H3,(H2,14,17)(H,15,16). The largest absolute Gasteiger partial charge is 0.393 e. The predicted octanol–water partition coefficient (Wildman–Crippen LogP) is 2.50. The lowest BCUT2D eigenvalue weighted by molar-refractivity contribution is -0.118. The number of carbonyl (C=O) groups is 1. The molecule has 1 unspecified atom stereocenters. The molecule has 4 heteroatoms. The van der Waals surface area contributed by atoms with Gasteiger partial charge >= 0.3 is 0 Å². The summed E-state index contributed by atoms with van der Waals surface area (Å²) in [5.74, 6) is -0.528. The van der Waals surface area contributed by atoms with Crippen LogP contribution in [0.1, 0.15) is 25.8 Å². The average molecular weight is 250 g/mol. The summed E-state index contributed by atoms with van der Waals surface area (Å²) in [5, 5.41) is 2.82. The Balaban J connectivity index is 2.69. The lowest BCUT2D eigenvalue weighted by Crippen LogP contribution is -2.32. The molecule has 0 bridgehead atoms. The number of aryl methyl sites for hydroxylation is 1. The maximum Gasteiger partial charge on any atom is 0.234 e. The highest BCUT2D eigenvalue weighted by Crippen LogP contribution is 2.13. The van der Waals surface area contributed by atoms with Gasteiger partial charge in [-0.25, -0.2) is 0 Å². The quantitative estimate of drug-likeness (QED) is 0.789. The monoisotopic (exact) mass is 250 g/mol. The van der Waals surface area contributed by atoms with Crippen molar-refractivity contribution in [3.05, 3.63) is 29.8 Å². The van der Waals surface area contributed by atoms with E-state index in [-0.39, 0.29) is 10.9 Å². The van der Waals surface area contributed by atoms with Crippen molar-refractivity contribution in [1.29, 1.82) is 0 Å². The van der Waals surface area contributed by atoms with Crippen molar-refractivity contribution in [3.8, 4) is 0 Å². The molecule has 1 amide bonds. The van der Waals surface area contributed by atoms with E-state index in [4.69, 9.17) is 18.0 Å². The van der Waals surface area contributed by atoms with E-state index in [1.54, 1.807) is 0 Å². The van der Waals surface area contributed by atoms with Crippen molar-refractivity contribution in [2.24, 2.45) is 11.7 Å². The van der Waals surface area contributed by atoms with Gasteiger partial charge in [0.2, 0.25) is 5.91 Å². The molecule has 3 N–H and O–H groups in total. The number of hydrogen-bond donors (Lipinski definition) is 2. The van der Waals surface area contributed by atoms with Gasteiger partial charge in [0.05, 0.1) is 10.9 Å². The molecule has 3 nitrogen and oxygen atoms in total. The fraction of sp³-hybridized carbons (Fsp3) is 0.385. The summed E-state index contributed by atoms with van der Waals surface area (Å²) in [4.78, 5) is 12.1. The molecular formula is C13H18N2OS. The third-order valence-electron chi connectivity index (χ3n) is 2.70. The van der Waals surface area contributed by atoms with Crippen LogP contribution in [-0.4, -0.2) is 10.9 Å². The van der Waals surface area contributed by atoms with Crippen molar-refractivity contribution in [3.63, 3.8) is 0 Å². The predicted molar refractivity (Wildman–Crippen MR) is 75.0 cm³/mol. The number of anilines is 1. The number of nitrogens with two attached hydrogens (primary N) is 1. The Morgan fingerprint density at radius 3 is 2.35 bits per heavy atom. The van der Waals surface area contributed by atoms with E-state index in [1.807, 2.05) is 31.2 Å². The molecule has 1 rings (SSSR count). The molecule has 0 saturated heterocycles. The topological polar surface area (TPSA) is 55.1 Å². The van der Waals surface area contributed by atoms with Crippen LogP contribution in [0.15, 0.2) is 24.3 Å². The molecule has 0 aromatic heterocycles. The van der Waals surface area contributed by atoms with Crippen LogP contribution in [0.5, 0.6) is 0 Å². The smallest absolute Gasteiger partial charge is 0.234 e. The van der Waals surface area contributed by atoms with Gasteiger partial charge in [-0.3, -0.25) is 4.79 Å². The highest BCUT2D eigenvalue weighted by Gasteiger charge is 2.18. The Hall–Kier alpha value is -1.42. The number of thiocarbonyl (C=S) groups is 1. The second kappa shape index (κ2) is 6.35. The molecule has 0 heterocycles. The van der Waals surface area contributed by atoms with Gasteiger partial charge in [-0.15, -0.1) is 0 Å². The number of nitrogens with one attached hydrogen (secondary N) is 1. The zero-order valence-corrected chi connectivity index (χ0v) is 11.0. The van der Waals surface area contributed by atoms with Crippen LogP contribution in [0, 0.1) is 5.92 Å². The van der Waals surface area contributed by atoms with Crippen LogP contribution >= 0.6 is 12.2 Å². The van der Waals surface area contributed by atoms with E-state index < -0.39 is 5.92 Å². The lowest BCUT2D eigenvalue weighted by Gasteiger charge is -2.13. The van der Waals surface area contributed by atoms with Crippen LogP contribution in [0.4, 0.5) is 5.69 Å². The molecule has 1 aromatic rings. The first-order valence-corrected chi connectivity index (χ1v) is 6.18. The fourth-order valence-electron chi connectivity index (χ4n) is 1.57. The first kappa shape index (κ1) is 13.6. The molecule has 1 aromatic carbocycles. The minimum Gasteiger partial charge on any atom is -0.393 e. The highest BCUT2D eigenvalue weighted by molar-refractivity contribution is 7.80. The first-order chi connectivity index (χ1) is 8.08. The van der Waals surface area contributed by atoms with Crippen LogP contribution in [0.3, 0.4) is 0 Å².